The van der Waals surface area contributed by atoms with Gasteiger partial charge in [0, 0.05) is 5.02 Å². The summed E-state index contributed by atoms with van der Waals surface area (Å²) >= 11 is 5.79. The predicted octanol–water partition coefficient (Wildman–Crippen LogP) is 4.21. The van der Waals surface area contributed by atoms with Gasteiger partial charge in [0.05, 0.1) is 6.61 Å². The van der Waals surface area contributed by atoms with Gasteiger partial charge < -0.3 is 9.84 Å². The van der Waals surface area contributed by atoms with E-state index in [4.69, 9.17) is 21.4 Å². The number of hydrogen-bond donors (Lipinski definition) is 1. The summed E-state index contributed by atoms with van der Waals surface area (Å²) < 4.78 is 32.6. The van der Waals surface area contributed by atoms with Crippen LogP contribution in [0.5, 0.6) is 11.5 Å². The number of halogens is 3. The van der Waals surface area contributed by atoms with Crippen LogP contribution in [-0.2, 0) is 6.61 Å². The molecule has 0 bridgehead atoms. The highest BCUT2D eigenvalue weighted by molar-refractivity contribution is 6.30. The van der Waals surface area contributed by atoms with E-state index in [-0.39, 0.29) is 5.56 Å². The first-order valence-corrected chi connectivity index (χ1v) is 5.92. The van der Waals surface area contributed by atoms with Crippen LogP contribution in [0.1, 0.15) is 11.1 Å². The van der Waals surface area contributed by atoms with Crippen LogP contribution in [0.4, 0.5) is 8.78 Å². The molecule has 0 fully saturated rings. The number of ether oxygens (including phenoxy) is 1. The first-order chi connectivity index (χ1) is 9.01. The number of aliphatic hydroxyl groups excluding tert-OH is 1. The Kier molecular flexibility index (Phi) is 4.02. The van der Waals surface area contributed by atoms with Gasteiger partial charge in [0.1, 0.15) is 5.75 Å². The van der Waals surface area contributed by atoms with Crippen molar-refractivity contribution in [2.45, 2.75) is 13.5 Å². The quantitative estimate of drug-likeness (QED) is 0.915. The molecule has 2 rings (SSSR count). The molecule has 5 heteroatoms. The maximum atomic E-state index is 13.7. The van der Waals surface area contributed by atoms with Crippen molar-refractivity contribution in [1.82, 2.24) is 0 Å². The second-order valence-corrected chi connectivity index (χ2v) is 4.50. The molecule has 2 aromatic carbocycles. The third-order valence-corrected chi connectivity index (χ3v) is 2.82. The highest BCUT2D eigenvalue weighted by Crippen LogP contribution is 2.31. The molecule has 0 aliphatic heterocycles. The van der Waals surface area contributed by atoms with Gasteiger partial charge in [0.15, 0.2) is 17.4 Å². The van der Waals surface area contributed by atoms with Crippen LogP contribution in [-0.4, -0.2) is 5.11 Å². The van der Waals surface area contributed by atoms with Gasteiger partial charge >= 0.3 is 0 Å². The van der Waals surface area contributed by atoms with Crippen molar-refractivity contribution in [1.29, 1.82) is 0 Å². The maximum absolute atomic E-state index is 13.7. The first-order valence-electron chi connectivity index (χ1n) is 5.54. The summed E-state index contributed by atoms with van der Waals surface area (Å²) in [4.78, 5) is 0. The van der Waals surface area contributed by atoms with E-state index in [2.05, 4.69) is 0 Å². The largest absolute Gasteiger partial charge is 0.451 e. The lowest BCUT2D eigenvalue weighted by Crippen LogP contribution is -1.97. The Morgan fingerprint density at radius 1 is 1.16 bits per heavy atom. The van der Waals surface area contributed by atoms with Crippen molar-refractivity contribution in [3.05, 3.63) is 58.1 Å². The molecule has 19 heavy (non-hydrogen) atoms. The molecular formula is C14H11ClF2O2. The molecule has 0 aromatic heterocycles. The standard InChI is InChI=1S/C14H11ClF2O2/c1-8-4-10(15)2-3-13(8)19-14-11(16)5-9(7-18)6-12(14)17/h2-6,18H,7H2,1H3. The third-order valence-electron chi connectivity index (χ3n) is 2.59. The van der Waals surface area contributed by atoms with Crippen molar-refractivity contribution in [3.8, 4) is 11.5 Å². The summed E-state index contributed by atoms with van der Waals surface area (Å²) in [5.41, 5.74) is 0.813. The lowest BCUT2D eigenvalue weighted by Gasteiger charge is -2.11. The smallest absolute Gasteiger partial charge is 0.198 e. The van der Waals surface area contributed by atoms with Crippen molar-refractivity contribution in [2.24, 2.45) is 0 Å². The van der Waals surface area contributed by atoms with Crippen molar-refractivity contribution >= 4 is 11.6 Å². The number of hydrogen-bond acceptors (Lipinski definition) is 2. The normalized spacial score (nSPS) is 10.6. The van der Waals surface area contributed by atoms with Crippen LogP contribution in [0, 0.1) is 18.6 Å². The average Bonchev–Trinajstić information content (AvgIpc) is 2.35. The Labute approximate surface area is 114 Å². The molecule has 0 amide bonds. The Morgan fingerprint density at radius 2 is 1.79 bits per heavy atom. The van der Waals surface area contributed by atoms with Gasteiger partial charge in [-0.15, -0.1) is 0 Å². The summed E-state index contributed by atoms with van der Waals surface area (Å²) in [7, 11) is 0. The highest BCUT2D eigenvalue weighted by Gasteiger charge is 2.14. The SMILES string of the molecule is Cc1cc(Cl)ccc1Oc1c(F)cc(CO)cc1F. The monoisotopic (exact) mass is 284 g/mol. The summed E-state index contributed by atoms with van der Waals surface area (Å²) in [6, 6.07) is 6.81. The molecule has 0 radical (unpaired) electrons. The fourth-order valence-electron chi connectivity index (χ4n) is 1.64. The number of aryl methyl sites for hydroxylation is 1. The van der Waals surface area contributed by atoms with E-state index in [1.807, 2.05) is 0 Å². The molecule has 1 N–H and O–H groups in total. The Morgan fingerprint density at radius 3 is 2.32 bits per heavy atom. The Hall–Kier alpha value is -1.65. The van der Waals surface area contributed by atoms with Crippen LogP contribution in [0.25, 0.3) is 0 Å². The average molecular weight is 285 g/mol. The molecule has 0 spiro atoms. The molecule has 0 heterocycles. The summed E-state index contributed by atoms with van der Waals surface area (Å²) in [5, 5.41) is 9.37. The third kappa shape index (κ3) is 3.03. The lowest BCUT2D eigenvalue weighted by atomic mass is 10.2. The van der Waals surface area contributed by atoms with Crippen LogP contribution >= 0.6 is 11.6 Å². The summed E-state index contributed by atoms with van der Waals surface area (Å²) in [6.07, 6.45) is 0. The van der Waals surface area contributed by atoms with E-state index in [1.165, 1.54) is 6.07 Å². The molecule has 0 atom stereocenters. The van der Waals surface area contributed by atoms with Crippen LogP contribution in [0.3, 0.4) is 0 Å². The molecule has 0 saturated heterocycles. The fraction of sp³-hybridized carbons (Fsp3) is 0.143. The molecule has 0 aliphatic rings. The lowest BCUT2D eigenvalue weighted by molar-refractivity contribution is 0.279. The van der Waals surface area contributed by atoms with Gasteiger partial charge in [-0.1, -0.05) is 11.6 Å². The minimum absolute atomic E-state index is 0.148. The fourth-order valence-corrected chi connectivity index (χ4v) is 1.87. The highest BCUT2D eigenvalue weighted by atomic mass is 35.5. The van der Waals surface area contributed by atoms with E-state index in [0.717, 1.165) is 12.1 Å². The Balaban J connectivity index is 2.38. The molecule has 0 aliphatic carbocycles. The van der Waals surface area contributed by atoms with Gasteiger partial charge in [-0.25, -0.2) is 8.78 Å². The molecule has 0 unspecified atom stereocenters. The van der Waals surface area contributed by atoms with Crippen LogP contribution in [0.2, 0.25) is 5.02 Å². The zero-order valence-corrected chi connectivity index (χ0v) is 10.8. The summed E-state index contributed by atoms with van der Waals surface area (Å²) in [5.74, 6) is -1.90. The second kappa shape index (κ2) is 5.55. The topological polar surface area (TPSA) is 29.5 Å². The number of aliphatic hydroxyl groups is 1. The predicted molar refractivity (Wildman–Crippen MR) is 68.5 cm³/mol. The van der Waals surface area contributed by atoms with E-state index >= 15 is 0 Å². The van der Waals surface area contributed by atoms with Crippen molar-refractivity contribution in [3.63, 3.8) is 0 Å². The number of benzene rings is 2. The molecule has 2 nitrogen and oxygen atoms in total. The first kappa shape index (κ1) is 13.8. The molecule has 0 saturated carbocycles. The minimum Gasteiger partial charge on any atom is -0.451 e. The second-order valence-electron chi connectivity index (χ2n) is 4.06. The molecular weight excluding hydrogens is 274 g/mol. The van der Waals surface area contributed by atoms with Crippen molar-refractivity contribution < 1.29 is 18.6 Å². The zero-order valence-electron chi connectivity index (χ0n) is 10.1. The van der Waals surface area contributed by atoms with E-state index in [9.17, 15) is 8.78 Å². The van der Waals surface area contributed by atoms with Gasteiger partial charge in [-0.05, 0) is 48.4 Å². The van der Waals surface area contributed by atoms with Gasteiger partial charge in [0.2, 0.25) is 0 Å². The minimum atomic E-state index is -0.863. The molecule has 2 aromatic rings. The Bertz CT molecular complexity index is 591. The van der Waals surface area contributed by atoms with Crippen molar-refractivity contribution in [2.75, 3.05) is 0 Å². The maximum Gasteiger partial charge on any atom is 0.198 e. The van der Waals surface area contributed by atoms with Gasteiger partial charge in [-0.2, -0.15) is 0 Å². The van der Waals surface area contributed by atoms with Gasteiger partial charge in [0.25, 0.3) is 0 Å². The van der Waals surface area contributed by atoms with Crippen LogP contribution in [0.15, 0.2) is 30.3 Å². The number of rotatable bonds is 3. The molecule has 100 valence electrons. The zero-order chi connectivity index (χ0) is 14.0. The van der Waals surface area contributed by atoms with Gasteiger partial charge in [-0.3, -0.25) is 0 Å². The van der Waals surface area contributed by atoms with Crippen LogP contribution < -0.4 is 4.74 Å². The van der Waals surface area contributed by atoms with E-state index < -0.39 is 24.0 Å². The summed E-state index contributed by atoms with van der Waals surface area (Å²) in [6.45, 7) is 1.28. The van der Waals surface area contributed by atoms with E-state index in [0.29, 0.717) is 16.3 Å². The van der Waals surface area contributed by atoms with E-state index in [1.54, 1.807) is 19.1 Å².